The van der Waals surface area contributed by atoms with Gasteiger partial charge in [-0.3, -0.25) is 24.0 Å². The lowest BCUT2D eigenvalue weighted by Crippen LogP contribution is -2.57. The summed E-state index contributed by atoms with van der Waals surface area (Å²) in [5.41, 5.74) is 5.50. The lowest BCUT2D eigenvalue weighted by molar-refractivity contribution is -0.141. The molecule has 0 saturated carbocycles. The summed E-state index contributed by atoms with van der Waals surface area (Å²) in [5, 5.41) is 24.6. The highest BCUT2D eigenvalue weighted by Crippen LogP contribution is 2.07. The maximum atomic E-state index is 12.5. The molecular weight excluding hydrogens is 392 g/mol. The van der Waals surface area contributed by atoms with Crippen LogP contribution in [-0.2, 0) is 24.0 Å². The minimum absolute atomic E-state index is 0.0120. The van der Waals surface area contributed by atoms with Crippen LogP contribution in [0.2, 0.25) is 0 Å². The summed E-state index contributed by atoms with van der Waals surface area (Å²) in [4.78, 5) is 58.2. The van der Waals surface area contributed by atoms with Crippen molar-refractivity contribution >= 4 is 42.3 Å². The second-order valence-corrected chi connectivity index (χ2v) is 7.07. The van der Waals surface area contributed by atoms with Gasteiger partial charge in [-0.15, -0.1) is 0 Å². The summed E-state index contributed by atoms with van der Waals surface area (Å²) < 4.78 is 0. The summed E-state index contributed by atoms with van der Waals surface area (Å²) in [6.45, 7) is 4.88. The Kier molecular flexibility index (Phi) is 11.2. The smallest absolute Gasteiger partial charge is 0.325 e. The Balaban J connectivity index is 5.12. The molecule has 12 heteroatoms. The first kappa shape index (κ1) is 25.7. The minimum atomic E-state index is -1.33. The lowest BCUT2D eigenvalue weighted by atomic mass is 10.0. The van der Waals surface area contributed by atoms with Gasteiger partial charge in [-0.25, -0.2) is 0 Å². The molecule has 0 spiro atoms. The average Bonchev–Trinajstić information content (AvgIpc) is 2.57. The van der Waals surface area contributed by atoms with E-state index < -0.39 is 60.2 Å². The molecule has 0 aliphatic heterocycles. The van der Waals surface area contributed by atoms with Crippen LogP contribution in [0.15, 0.2) is 0 Å². The Morgan fingerprint density at radius 2 is 1.39 bits per heavy atom. The van der Waals surface area contributed by atoms with E-state index in [1.165, 1.54) is 6.92 Å². The van der Waals surface area contributed by atoms with E-state index in [2.05, 4.69) is 28.6 Å². The summed E-state index contributed by atoms with van der Waals surface area (Å²) in [6, 6.07) is -4.68. The average molecular weight is 420 g/mol. The molecule has 7 N–H and O–H groups in total. The van der Waals surface area contributed by atoms with Crippen molar-refractivity contribution in [2.75, 3.05) is 5.75 Å². The van der Waals surface area contributed by atoms with E-state index >= 15 is 0 Å². The highest BCUT2D eigenvalue weighted by Gasteiger charge is 2.29. The Hall–Kier alpha value is -2.34. The molecule has 4 unspecified atom stereocenters. The molecule has 0 aromatic rings. The SMILES string of the molecule is CC(C)CC(NC(=O)C(N)CC(=O)O)C(=O)NC(CS)C(=O)NC(C)C(=O)O. The highest BCUT2D eigenvalue weighted by atomic mass is 32.1. The Bertz CT molecular complexity index is 600. The number of rotatable bonds is 12. The van der Waals surface area contributed by atoms with Crippen LogP contribution in [0.3, 0.4) is 0 Å². The van der Waals surface area contributed by atoms with Crippen molar-refractivity contribution in [3.8, 4) is 0 Å². The van der Waals surface area contributed by atoms with Gasteiger partial charge in [-0.2, -0.15) is 12.6 Å². The van der Waals surface area contributed by atoms with Gasteiger partial charge in [-0.05, 0) is 19.3 Å². The van der Waals surface area contributed by atoms with Gasteiger partial charge in [0.2, 0.25) is 17.7 Å². The van der Waals surface area contributed by atoms with Gasteiger partial charge in [0.05, 0.1) is 12.5 Å². The first-order chi connectivity index (χ1) is 12.9. The number of nitrogens with one attached hydrogen (secondary N) is 3. The predicted octanol–water partition coefficient (Wildman–Crippen LogP) is -1.68. The third-order valence-electron chi connectivity index (χ3n) is 3.62. The molecule has 0 bridgehead atoms. The van der Waals surface area contributed by atoms with E-state index in [4.69, 9.17) is 15.9 Å². The van der Waals surface area contributed by atoms with Crippen LogP contribution >= 0.6 is 12.6 Å². The topological polar surface area (TPSA) is 188 Å². The summed E-state index contributed by atoms with van der Waals surface area (Å²) in [7, 11) is 0. The number of hydrogen-bond donors (Lipinski definition) is 7. The second kappa shape index (κ2) is 12.2. The van der Waals surface area contributed by atoms with Gasteiger partial charge in [-0.1, -0.05) is 13.8 Å². The molecule has 0 rings (SSSR count). The fourth-order valence-electron chi connectivity index (χ4n) is 2.10. The van der Waals surface area contributed by atoms with E-state index in [1.54, 1.807) is 13.8 Å². The van der Waals surface area contributed by atoms with Crippen molar-refractivity contribution in [1.82, 2.24) is 16.0 Å². The largest absolute Gasteiger partial charge is 0.481 e. The first-order valence-corrected chi connectivity index (χ1v) is 9.24. The van der Waals surface area contributed by atoms with Crippen LogP contribution in [0.1, 0.15) is 33.6 Å². The number of nitrogens with two attached hydrogens (primary N) is 1. The van der Waals surface area contributed by atoms with Crippen LogP contribution in [-0.4, -0.2) is 69.8 Å². The third-order valence-corrected chi connectivity index (χ3v) is 3.98. The van der Waals surface area contributed by atoms with Crippen molar-refractivity contribution in [3.63, 3.8) is 0 Å². The van der Waals surface area contributed by atoms with E-state index in [9.17, 15) is 24.0 Å². The summed E-state index contributed by atoms with van der Waals surface area (Å²) in [6.07, 6.45) is -0.388. The van der Waals surface area contributed by atoms with Crippen molar-refractivity contribution in [2.24, 2.45) is 11.7 Å². The maximum Gasteiger partial charge on any atom is 0.325 e. The molecule has 0 heterocycles. The number of carbonyl (C=O) groups excluding carboxylic acids is 3. The highest BCUT2D eigenvalue weighted by molar-refractivity contribution is 7.80. The Morgan fingerprint density at radius 1 is 0.893 bits per heavy atom. The minimum Gasteiger partial charge on any atom is -0.481 e. The zero-order chi connectivity index (χ0) is 22.0. The third kappa shape index (κ3) is 9.55. The van der Waals surface area contributed by atoms with Gasteiger partial charge < -0.3 is 31.9 Å². The number of thiol groups is 1. The van der Waals surface area contributed by atoms with Crippen LogP contribution in [0.25, 0.3) is 0 Å². The van der Waals surface area contributed by atoms with Crippen molar-refractivity contribution in [3.05, 3.63) is 0 Å². The fourth-order valence-corrected chi connectivity index (χ4v) is 2.36. The van der Waals surface area contributed by atoms with Gasteiger partial charge in [0.15, 0.2) is 0 Å². The number of amides is 3. The molecule has 0 radical (unpaired) electrons. The second-order valence-electron chi connectivity index (χ2n) is 6.71. The molecule has 3 amide bonds. The predicted molar refractivity (Wildman–Crippen MR) is 103 cm³/mol. The van der Waals surface area contributed by atoms with Crippen LogP contribution in [0.5, 0.6) is 0 Å². The van der Waals surface area contributed by atoms with Crippen LogP contribution in [0, 0.1) is 5.92 Å². The van der Waals surface area contributed by atoms with Crippen LogP contribution in [0.4, 0.5) is 0 Å². The number of hydrogen-bond acceptors (Lipinski definition) is 7. The van der Waals surface area contributed by atoms with Gasteiger partial charge >= 0.3 is 11.9 Å². The zero-order valence-corrected chi connectivity index (χ0v) is 16.9. The number of carbonyl (C=O) groups is 5. The first-order valence-electron chi connectivity index (χ1n) is 8.61. The molecule has 28 heavy (non-hydrogen) atoms. The molecular formula is C16H28N4O7S. The number of carboxylic acid groups (broad SMARTS) is 2. The van der Waals surface area contributed by atoms with Crippen molar-refractivity contribution in [1.29, 1.82) is 0 Å². The molecule has 160 valence electrons. The van der Waals surface area contributed by atoms with Gasteiger partial charge in [0.1, 0.15) is 18.1 Å². The number of aliphatic carboxylic acids is 2. The molecule has 0 aliphatic rings. The molecule has 11 nitrogen and oxygen atoms in total. The zero-order valence-electron chi connectivity index (χ0n) is 16.0. The quantitative estimate of drug-likeness (QED) is 0.182. The maximum absolute atomic E-state index is 12.5. The molecule has 0 saturated heterocycles. The fraction of sp³-hybridized carbons (Fsp3) is 0.688. The molecule has 0 aromatic heterocycles. The lowest BCUT2D eigenvalue weighted by Gasteiger charge is -2.24. The summed E-state index contributed by atoms with van der Waals surface area (Å²) in [5.74, 6) is -4.86. The van der Waals surface area contributed by atoms with E-state index in [0.717, 1.165) is 0 Å². The molecule has 0 aliphatic carbocycles. The molecule has 4 atom stereocenters. The van der Waals surface area contributed by atoms with Crippen molar-refractivity contribution in [2.45, 2.75) is 57.8 Å². The van der Waals surface area contributed by atoms with E-state index in [1.807, 2.05) is 0 Å². The standard InChI is InChI=1S/C16H28N4O7S/c1-7(2)4-10(19-13(23)9(17)5-12(21)22)14(24)20-11(6-28)15(25)18-8(3)16(26)27/h7-11,28H,4-6,17H2,1-3H3,(H,18,25)(H,19,23)(H,20,24)(H,21,22)(H,26,27). The normalized spacial score (nSPS) is 15.1. The Morgan fingerprint density at radius 3 is 1.82 bits per heavy atom. The molecule has 0 fully saturated rings. The van der Waals surface area contributed by atoms with Gasteiger partial charge in [0.25, 0.3) is 0 Å². The van der Waals surface area contributed by atoms with E-state index in [-0.39, 0.29) is 18.1 Å². The van der Waals surface area contributed by atoms with Gasteiger partial charge in [0, 0.05) is 5.75 Å². The number of carboxylic acids is 2. The molecule has 0 aromatic carbocycles. The van der Waals surface area contributed by atoms with Crippen LogP contribution < -0.4 is 21.7 Å². The van der Waals surface area contributed by atoms with Crippen molar-refractivity contribution < 1.29 is 34.2 Å². The monoisotopic (exact) mass is 420 g/mol. The summed E-state index contributed by atoms with van der Waals surface area (Å²) >= 11 is 3.99. The Labute approximate surface area is 168 Å². The van der Waals surface area contributed by atoms with E-state index in [0.29, 0.717) is 0 Å².